The Morgan fingerprint density at radius 3 is 2.86 bits per heavy atom. The number of hydrogen-bond acceptors (Lipinski definition) is 3. The van der Waals surface area contributed by atoms with Gasteiger partial charge in [-0.25, -0.2) is 0 Å². The molecule has 0 aromatic heterocycles. The molecule has 0 saturated heterocycles. The molecule has 0 heterocycles. The van der Waals surface area contributed by atoms with E-state index in [1.807, 2.05) is 7.05 Å². The Bertz CT molecular complexity index is 47.0. The van der Waals surface area contributed by atoms with Crippen LogP contribution in [0.5, 0.6) is 0 Å². The van der Waals surface area contributed by atoms with E-state index in [2.05, 4.69) is 10.5 Å². The smallest absolute Gasteiger partial charge is 0.0823 e. The topological polar surface area (TPSA) is 41.5 Å². The Hall–Kier alpha value is -0.440. The van der Waals surface area contributed by atoms with E-state index < -0.39 is 0 Å². The lowest BCUT2D eigenvalue weighted by Crippen LogP contribution is -2.07. The second-order valence-corrected chi connectivity index (χ2v) is 1.31. The standard InChI is InChI=1S/C4H10N2O/c1-5-3-2-4-6-7/h5H,2-4H2,1H3. The lowest BCUT2D eigenvalue weighted by molar-refractivity contribution is 0.732. The lowest BCUT2D eigenvalue weighted by Gasteiger charge is -1.88. The summed E-state index contributed by atoms with van der Waals surface area (Å²) in [6.45, 7) is 1.31. The zero-order valence-electron chi connectivity index (χ0n) is 4.48. The third-order valence-electron chi connectivity index (χ3n) is 0.676. The average Bonchev–Trinajstić information content (AvgIpc) is 1.69. The molecule has 0 rings (SSSR count). The Labute approximate surface area is 43.1 Å². The van der Waals surface area contributed by atoms with E-state index in [0.717, 1.165) is 13.0 Å². The van der Waals surface area contributed by atoms with E-state index in [0.29, 0.717) is 6.54 Å². The van der Waals surface area contributed by atoms with Crippen LogP contribution >= 0.6 is 0 Å². The third-order valence-corrected chi connectivity index (χ3v) is 0.676. The maximum absolute atomic E-state index is 9.40. The lowest BCUT2D eigenvalue weighted by atomic mass is 10.4. The molecule has 3 heteroatoms. The quantitative estimate of drug-likeness (QED) is 0.411. The van der Waals surface area contributed by atoms with Gasteiger partial charge in [-0.2, -0.15) is 4.91 Å². The highest BCUT2D eigenvalue weighted by Crippen LogP contribution is 1.73. The van der Waals surface area contributed by atoms with Crippen molar-refractivity contribution >= 4 is 0 Å². The van der Waals surface area contributed by atoms with E-state index in [1.165, 1.54) is 0 Å². The van der Waals surface area contributed by atoms with Gasteiger partial charge >= 0.3 is 0 Å². The van der Waals surface area contributed by atoms with Crippen LogP contribution in [0.1, 0.15) is 6.42 Å². The van der Waals surface area contributed by atoms with Crippen molar-refractivity contribution in [3.05, 3.63) is 4.91 Å². The summed E-state index contributed by atoms with van der Waals surface area (Å²) >= 11 is 0. The van der Waals surface area contributed by atoms with Gasteiger partial charge < -0.3 is 5.32 Å². The summed E-state index contributed by atoms with van der Waals surface area (Å²) in [6.07, 6.45) is 0.847. The summed E-state index contributed by atoms with van der Waals surface area (Å²) in [5.74, 6) is 0. The Morgan fingerprint density at radius 2 is 2.43 bits per heavy atom. The van der Waals surface area contributed by atoms with E-state index in [-0.39, 0.29) is 0 Å². The first-order valence-corrected chi connectivity index (χ1v) is 2.35. The molecule has 1 N–H and O–H groups in total. The van der Waals surface area contributed by atoms with Crippen LogP contribution in [0.4, 0.5) is 0 Å². The minimum absolute atomic E-state index is 0.431. The van der Waals surface area contributed by atoms with Gasteiger partial charge in [0.05, 0.1) is 6.54 Å². The molecular weight excluding hydrogens is 92.1 g/mol. The van der Waals surface area contributed by atoms with Crippen LogP contribution < -0.4 is 5.32 Å². The van der Waals surface area contributed by atoms with Crippen LogP contribution in [0, 0.1) is 4.91 Å². The van der Waals surface area contributed by atoms with Crippen molar-refractivity contribution in [1.29, 1.82) is 0 Å². The maximum Gasteiger partial charge on any atom is 0.0823 e. The highest BCUT2D eigenvalue weighted by Gasteiger charge is 1.79. The fraction of sp³-hybridized carbons (Fsp3) is 1.00. The second kappa shape index (κ2) is 5.56. The number of nitrogens with zero attached hydrogens (tertiary/aromatic N) is 1. The van der Waals surface area contributed by atoms with E-state index in [4.69, 9.17) is 0 Å². The van der Waals surface area contributed by atoms with Crippen LogP contribution in [0.25, 0.3) is 0 Å². The van der Waals surface area contributed by atoms with Crippen molar-refractivity contribution in [2.24, 2.45) is 5.18 Å². The van der Waals surface area contributed by atoms with Gasteiger partial charge in [0.1, 0.15) is 0 Å². The molecule has 7 heavy (non-hydrogen) atoms. The molecule has 0 aliphatic heterocycles. The summed E-state index contributed by atoms with van der Waals surface area (Å²) in [6, 6.07) is 0. The first kappa shape index (κ1) is 6.56. The molecular formula is C4H10N2O. The number of nitroso groups, excluding NO2 is 1. The van der Waals surface area contributed by atoms with Gasteiger partial charge in [0.2, 0.25) is 0 Å². The molecule has 0 saturated carbocycles. The molecule has 3 nitrogen and oxygen atoms in total. The molecule has 0 radical (unpaired) electrons. The predicted molar refractivity (Wildman–Crippen MR) is 29.2 cm³/mol. The van der Waals surface area contributed by atoms with E-state index in [9.17, 15) is 4.91 Å². The fourth-order valence-electron chi connectivity index (χ4n) is 0.320. The molecule has 0 aliphatic carbocycles. The van der Waals surface area contributed by atoms with Gasteiger partial charge in [-0.05, 0) is 20.0 Å². The molecule has 0 atom stereocenters. The zero-order valence-corrected chi connectivity index (χ0v) is 4.48. The van der Waals surface area contributed by atoms with Crippen molar-refractivity contribution in [1.82, 2.24) is 5.32 Å². The summed E-state index contributed by atoms with van der Waals surface area (Å²) in [7, 11) is 1.85. The molecule has 0 aromatic carbocycles. The molecule has 0 spiro atoms. The van der Waals surface area contributed by atoms with Crippen LogP contribution in [-0.2, 0) is 0 Å². The van der Waals surface area contributed by atoms with Gasteiger partial charge in [0, 0.05) is 0 Å². The zero-order chi connectivity index (χ0) is 5.54. The summed E-state index contributed by atoms with van der Waals surface area (Å²) in [5.41, 5.74) is 0. The van der Waals surface area contributed by atoms with Crippen molar-refractivity contribution in [2.45, 2.75) is 6.42 Å². The summed E-state index contributed by atoms with van der Waals surface area (Å²) in [5, 5.41) is 5.59. The molecule has 0 bridgehead atoms. The molecule has 0 aromatic rings. The Morgan fingerprint density at radius 1 is 1.71 bits per heavy atom. The largest absolute Gasteiger partial charge is 0.320 e. The molecule has 0 aliphatic rings. The number of hydrogen-bond donors (Lipinski definition) is 1. The van der Waals surface area contributed by atoms with Gasteiger partial charge in [0.25, 0.3) is 0 Å². The monoisotopic (exact) mass is 102 g/mol. The first-order valence-electron chi connectivity index (χ1n) is 2.35. The molecule has 0 fully saturated rings. The SMILES string of the molecule is CNCCCN=O. The Balaban J connectivity index is 2.56. The summed E-state index contributed by atoms with van der Waals surface area (Å²) < 4.78 is 0. The van der Waals surface area contributed by atoms with Crippen molar-refractivity contribution in [3.63, 3.8) is 0 Å². The molecule has 0 amide bonds. The minimum Gasteiger partial charge on any atom is -0.320 e. The molecule has 0 unspecified atom stereocenters. The van der Waals surface area contributed by atoms with Gasteiger partial charge in [0.15, 0.2) is 0 Å². The van der Waals surface area contributed by atoms with Crippen LogP contribution in [0.3, 0.4) is 0 Å². The average molecular weight is 102 g/mol. The predicted octanol–water partition coefficient (Wildman–Crippen LogP) is 0.362. The molecule has 42 valence electrons. The van der Waals surface area contributed by atoms with Crippen LogP contribution in [-0.4, -0.2) is 20.1 Å². The van der Waals surface area contributed by atoms with Gasteiger partial charge in [-0.1, -0.05) is 5.18 Å². The van der Waals surface area contributed by atoms with Crippen molar-refractivity contribution < 1.29 is 0 Å². The fourth-order valence-corrected chi connectivity index (χ4v) is 0.320. The Kier molecular flexibility index (Phi) is 5.21. The maximum atomic E-state index is 9.40. The van der Waals surface area contributed by atoms with Crippen molar-refractivity contribution in [2.75, 3.05) is 20.1 Å². The van der Waals surface area contributed by atoms with Gasteiger partial charge in [-0.3, -0.25) is 0 Å². The summed E-state index contributed by atoms with van der Waals surface area (Å²) in [4.78, 5) is 9.40. The highest BCUT2D eigenvalue weighted by atomic mass is 16.3. The highest BCUT2D eigenvalue weighted by molar-refractivity contribution is 4.43. The van der Waals surface area contributed by atoms with E-state index in [1.54, 1.807) is 0 Å². The van der Waals surface area contributed by atoms with Crippen LogP contribution in [0.15, 0.2) is 5.18 Å². The first-order chi connectivity index (χ1) is 3.41. The normalized spacial score (nSPS) is 8.71. The van der Waals surface area contributed by atoms with Crippen LogP contribution in [0.2, 0.25) is 0 Å². The number of rotatable bonds is 4. The van der Waals surface area contributed by atoms with Gasteiger partial charge in [-0.15, -0.1) is 0 Å². The minimum atomic E-state index is 0.431. The number of nitrogens with one attached hydrogen (secondary N) is 1. The third kappa shape index (κ3) is 5.56. The van der Waals surface area contributed by atoms with E-state index >= 15 is 0 Å². The van der Waals surface area contributed by atoms with Crippen molar-refractivity contribution in [3.8, 4) is 0 Å². The second-order valence-electron chi connectivity index (χ2n) is 1.31.